The molecule has 5 nitrogen and oxygen atoms in total. The first-order valence-corrected chi connectivity index (χ1v) is 7.67. The molecule has 2 aromatic heterocycles. The Morgan fingerprint density at radius 1 is 1.38 bits per heavy atom. The van der Waals surface area contributed by atoms with E-state index in [-0.39, 0.29) is 12.0 Å². The summed E-state index contributed by atoms with van der Waals surface area (Å²) in [5.74, 6) is 0.726. The molecule has 0 spiro atoms. The zero-order valence-electron chi connectivity index (χ0n) is 11.5. The molecular weight excluding hydrogens is 334 g/mol. The third-order valence-corrected chi connectivity index (χ3v) is 3.94. The van der Waals surface area contributed by atoms with Crippen LogP contribution in [0.2, 0.25) is 0 Å². The van der Waals surface area contributed by atoms with Crippen molar-refractivity contribution in [2.45, 2.75) is 19.1 Å². The van der Waals surface area contributed by atoms with Gasteiger partial charge in [-0.3, -0.25) is 4.79 Å². The van der Waals surface area contributed by atoms with Gasteiger partial charge in [-0.1, -0.05) is 0 Å². The van der Waals surface area contributed by atoms with Gasteiger partial charge in [0, 0.05) is 42.1 Å². The molecule has 0 radical (unpaired) electrons. The van der Waals surface area contributed by atoms with Gasteiger partial charge in [0.1, 0.15) is 12.6 Å². The van der Waals surface area contributed by atoms with Gasteiger partial charge in [-0.15, -0.1) is 0 Å². The van der Waals surface area contributed by atoms with Crippen LogP contribution in [0.25, 0.3) is 0 Å². The van der Waals surface area contributed by atoms with Crippen molar-refractivity contribution in [3.05, 3.63) is 47.3 Å². The molecule has 0 saturated carbocycles. The second-order valence-electron chi connectivity index (χ2n) is 5.04. The van der Waals surface area contributed by atoms with Gasteiger partial charge >= 0.3 is 0 Å². The lowest BCUT2D eigenvalue weighted by Gasteiger charge is -2.17. The minimum absolute atomic E-state index is 0.0206. The number of rotatable bonds is 4. The Labute approximate surface area is 131 Å². The molecule has 21 heavy (non-hydrogen) atoms. The third-order valence-electron chi connectivity index (χ3n) is 3.47. The van der Waals surface area contributed by atoms with Crippen LogP contribution in [0.15, 0.2) is 47.3 Å². The average molecular weight is 350 g/mol. The van der Waals surface area contributed by atoms with Crippen LogP contribution in [0.4, 0.5) is 0 Å². The van der Waals surface area contributed by atoms with Gasteiger partial charge in [-0.05, 0) is 34.1 Å². The minimum Gasteiger partial charge on any atom is -0.472 e. The van der Waals surface area contributed by atoms with Crippen LogP contribution in [-0.4, -0.2) is 39.6 Å². The fourth-order valence-corrected chi connectivity index (χ4v) is 2.62. The molecular formula is C15H16BrN3O2. The highest BCUT2D eigenvalue weighted by Gasteiger charge is 2.27. The molecule has 1 atom stereocenters. The number of nitrogens with zero attached hydrogens (tertiary/aromatic N) is 3. The summed E-state index contributed by atoms with van der Waals surface area (Å²) < 4.78 is 8.62. The SMILES string of the molecule is O=C(Cn1cccc1)N1CCC(Oc2ccc(Br)cn2)C1. The van der Waals surface area contributed by atoms with Crippen LogP contribution in [0.5, 0.6) is 5.88 Å². The van der Waals surface area contributed by atoms with E-state index in [4.69, 9.17) is 4.74 Å². The largest absolute Gasteiger partial charge is 0.472 e. The highest BCUT2D eigenvalue weighted by atomic mass is 79.9. The van der Waals surface area contributed by atoms with E-state index in [1.54, 1.807) is 6.20 Å². The van der Waals surface area contributed by atoms with Crippen molar-refractivity contribution < 1.29 is 9.53 Å². The molecule has 110 valence electrons. The topological polar surface area (TPSA) is 47.4 Å². The summed E-state index contributed by atoms with van der Waals surface area (Å²) in [7, 11) is 0. The highest BCUT2D eigenvalue weighted by molar-refractivity contribution is 9.10. The molecule has 2 aromatic rings. The zero-order chi connectivity index (χ0) is 14.7. The van der Waals surface area contributed by atoms with Gasteiger partial charge in [0.25, 0.3) is 0 Å². The van der Waals surface area contributed by atoms with Crippen molar-refractivity contribution in [2.75, 3.05) is 13.1 Å². The maximum absolute atomic E-state index is 12.2. The first kappa shape index (κ1) is 14.1. The molecule has 0 bridgehead atoms. The van der Waals surface area contributed by atoms with Gasteiger partial charge in [-0.25, -0.2) is 4.98 Å². The average Bonchev–Trinajstić information content (AvgIpc) is 3.13. The van der Waals surface area contributed by atoms with Crippen molar-refractivity contribution in [1.82, 2.24) is 14.5 Å². The van der Waals surface area contributed by atoms with Crippen LogP contribution in [0.3, 0.4) is 0 Å². The quantitative estimate of drug-likeness (QED) is 0.850. The molecule has 1 saturated heterocycles. The van der Waals surface area contributed by atoms with Crippen LogP contribution in [0, 0.1) is 0 Å². The van der Waals surface area contributed by atoms with E-state index in [2.05, 4.69) is 20.9 Å². The molecule has 1 aliphatic heterocycles. The Morgan fingerprint density at radius 3 is 2.90 bits per heavy atom. The summed E-state index contributed by atoms with van der Waals surface area (Å²) in [6.45, 7) is 1.75. The Balaban J connectivity index is 1.53. The van der Waals surface area contributed by atoms with Crippen molar-refractivity contribution in [2.24, 2.45) is 0 Å². The summed E-state index contributed by atoms with van der Waals surface area (Å²) >= 11 is 3.34. The van der Waals surface area contributed by atoms with Crippen molar-refractivity contribution >= 4 is 21.8 Å². The van der Waals surface area contributed by atoms with E-state index in [9.17, 15) is 4.79 Å². The number of likely N-dealkylation sites (tertiary alicyclic amines) is 1. The molecule has 0 N–H and O–H groups in total. The Hall–Kier alpha value is -1.82. The van der Waals surface area contributed by atoms with Crippen molar-refractivity contribution in [1.29, 1.82) is 0 Å². The number of amides is 1. The maximum atomic E-state index is 12.2. The number of carbonyl (C=O) groups is 1. The van der Waals surface area contributed by atoms with Crippen LogP contribution in [-0.2, 0) is 11.3 Å². The van der Waals surface area contributed by atoms with Gasteiger partial charge < -0.3 is 14.2 Å². The number of hydrogen-bond donors (Lipinski definition) is 0. The van der Waals surface area contributed by atoms with Gasteiger partial charge in [0.15, 0.2) is 0 Å². The van der Waals surface area contributed by atoms with Crippen LogP contribution >= 0.6 is 15.9 Å². The molecule has 1 fully saturated rings. The summed E-state index contributed by atoms with van der Waals surface area (Å²) in [4.78, 5) is 18.2. The fourth-order valence-electron chi connectivity index (χ4n) is 2.39. The van der Waals surface area contributed by atoms with Crippen molar-refractivity contribution in [3.8, 4) is 5.88 Å². The lowest BCUT2D eigenvalue weighted by Crippen LogP contribution is -2.33. The summed E-state index contributed by atoms with van der Waals surface area (Å²) in [5, 5.41) is 0. The molecule has 6 heteroatoms. The number of aromatic nitrogens is 2. The third kappa shape index (κ3) is 3.64. The molecule has 1 amide bonds. The summed E-state index contributed by atoms with van der Waals surface area (Å²) in [6.07, 6.45) is 6.36. The standard InChI is InChI=1S/C15H16BrN3O2/c16-12-3-4-14(17-9-12)21-13-5-8-19(10-13)15(20)11-18-6-1-2-7-18/h1-4,6-7,9,13H,5,8,10-11H2. The van der Waals surface area contributed by atoms with Crippen molar-refractivity contribution in [3.63, 3.8) is 0 Å². The smallest absolute Gasteiger partial charge is 0.242 e. The second-order valence-corrected chi connectivity index (χ2v) is 5.95. The normalized spacial score (nSPS) is 18.0. The second kappa shape index (κ2) is 6.30. The van der Waals surface area contributed by atoms with Crippen LogP contribution < -0.4 is 4.74 Å². The summed E-state index contributed by atoms with van der Waals surface area (Å²) in [5.41, 5.74) is 0. The van der Waals surface area contributed by atoms with E-state index >= 15 is 0 Å². The first-order valence-electron chi connectivity index (χ1n) is 6.87. The molecule has 0 aromatic carbocycles. The predicted octanol–water partition coefficient (Wildman–Crippen LogP) is 2.33. The van der Waals surface area contributed by atoms with E-state index in [1.807, 2.05) is 46.1 Å². The van der Waals surface area contributed by atoms with E-state index < -0.39 is 0 Å². The zero-order valence-corrected chi connectivity index (χ0v) is 13.1. The lowest BCUT2D eigenvalue weighted by molar-refractivity contribution is -0.131. The molecule has 3 rings (SSSR count). The number of halogens is 1. The number of pyridine rings is 1. The van der Waals surface area contributed by atoms with Crippen LogP contribution in [0.1, 0.15) is 6.42 Å². The maximum Gasteiger partial charge on any atom is 0.242 e. The molecule has 0 aliphatic carbocycles. The van der Waals surface area contributed by atoms with E-state index in [1.165, 1.54) is 0 Å². The van der Waals surface area contributed by atoms with E-state index in [0.717, 1.165) is 17.4 Å². The molecule has 3 heterocycles. The predicted molar refractivity (Wildman–Crippen MR) is 82.0 cm³/mol. The minimum atomic E-state index is 0.0206. The number of hydrogen-bond acceptors (Lipinski definition) is 3. The number of ether oxygens (including phenoxy) is 1. The lowest BCUT2D eigenvalue weighted by atomic mass is 10.3. The van der Waals surface area contributed by atoms with Gasteiger partial charge in [0.05, 0.1) is 6.54 Å². The molecule has 1 aliphatic rings. The highest BCUT2D eigenvalue weighted by Crippen LogP contribution is 2.18. The molecule has 1 unspecified atom stereocenters. The first-order chi connectivity index (χ1) is 10.2. The number of carbonyl (C=O) groups excluding carboxylic acids is 1. The van der Waals surface area contributed by atoms with Gasteiger partial charge in [-0.2, -0.15) is 0 Å². The summed E-state index contributed by atoms with van der Waals surface area (Å²) in [6, 6.07) is 7.56. The Morgan fingerprint density at radius 2 is 2.19 bits per heavy atom. The monoisotopic (exact) mass is 349 g/mol. The Bertz CT molecular complexity index is 598. The van der Waals surface area contributed by atoms with Gasteiger partial charge in [0.2, 0.25) is 11.8 Å². The van der Waals surface area contributed by atoms with E-state index in [0.29, 0.717) is 19.0 Å². The Kier molecular flexibility index (Phi) is 4.24. The fraction of sp³-hybridized carbons (Fsp3) is 0.333.